The molecule has 0 unspecified atom stereocenters. The Morgan fingerprint density at radius 3 is 2.48 bits per heavy atom. The number of aryl methyl sites for hydroxylation is 1. The van der Waals surface area contributed by atoms with Crippen LogP contribution in [0.15, 0.2) is 16.9 Å². The summed E-state index contributed by atoms with van der Waals surface area (Å²) in [5, 5.41) is 7.65. The highest BCUT2D eigenvalue weighted by atomic mass is 32.2. The highest BCUT2D eigenvalue weighted by molar-refractivity contribution is 7.88. The molecule has 1 fully saturated rings. The lowest BCUT2D eigenvalue weighted by Gasteiger charge is -2.33. The number of H-pyrrole nitrogens is 1. The lowest BCUT2D eigenvalue weighted by Crippen LogP contribution is -2.50. The molecule has 1 aliphatic rings. The van der Waals surface area contributed by atoms with Crippen LogP contribution in [-0.2, 0) is 10.0 Å². The second-order valence-electron chi connectivity index (χ2n) is 5.32. The van der Waals surface area contributed by atoms with Gasteiger partial charge in [0, 0.05) is 36.4 Å². The van der Waals surface area contributed by atoms with Gasteiger partial charge in [0.15, 0.2) is 0 Å². The predicted molar refractivity (Wildman–Crippen MR) is 84.8 cm³/mol. The first kappa shape index (κ1) is 16.1. The third kappa shape index (κ3) is 2.89. The van der Waals surface area contributed by atoms with Gasteiger partial charge < -0.3 is 4.90 Å². The molecule has 1 amide bonds. The second-order valence-corrected chi connectivity index (χ2v) is 8.25. The summed E-state index contributed by atoms with van der Waals surface area (Å²) in [5.74, 6) is -0.0384. The van der Waals surface area contributed by atoms with Gasteiger partial charge in [0.05, 0.1) is 5.56 Å². The molecule has 2 aromatic heterocycles. The lowest BCUT2D eigenvalue weighted by atomic mass is 10.1. The number of carbonyl (C=O) groups is 1. The van der Waals surface area contributed by atoms with E-state index in [0.29, 0.717) is 18.7 Å². The Labute approximate surface area is 138 Å². The molecular formula is C13H17N5O3S2. The fourth-order valence-electron chi connectivity index (χ4n) is 2.47. The Morgan fingerprint density at radius 2 is 1.96 bits per heavy atom. The Morgan fingerprint density at radius 1 is 1.26 bits per heavy atom. The molecule has 0 bridgehead atoms. The number of hydrogen-bond acceptors (Lipinski definition) is 6. The number of hydrogen-bond donors (Lipinski definition) is 1. The highest BCUT2D eigenvalue weighted by Gasteiger charge is 2.32. The smallest absolute Gasteiger partial charge is 0.278 e. The van der Waals surface area contributed by atoms with Gasteiger partial charge in [0.25, 0.3) is 21.1 Å². The average molecular weight is 355 g/mol. The number of aromatic nitrogens is 3. The Balaban J connectivity index is 1.69. The van der Waals surface area contributed by atoms with Crippen LogP contribution in [0.4, 0.5) is 0 Å². The Bertz CT molecular complexity index is 805. The molecule has 1 aliphatic heterocycles. The minimum atomic E-state index is -3.67. The topological polar surface area (TPSA) is 99.3 Å². The number of amides is 1. The molecule has 2 aromatic rings. The van der Waals surface area contributed by atoms with E-state index in [2.05, 4.69) is 15.2 Å². The van der Waals surface area contributed by atoms with Crippen molar-refractivity contribution >= 4 is 27.3 Å². The van der Waals surface area contributed by atoms with Crippen LogP contribution < -0.4 is 0 Å². The van der Waals surface area contributed by atoms with E-state index in [1.54, 1.807) is 16.2 Å². The molecular weight excluding hydrogens is 338 g/mol. The normalized spacial score (nSPS) is 16.7. The van der Waals surface area contributed by atoms with Gasteiger partial charge in [0.2, 0.25) is 0 Å². The van der Waals surface area contributed by atoms with Crippen LogP contribution in [0.2, 0.25) is 0 Å². The van der Waals surface area contributed by atoms with E-state index < -0.39 is 10.0 Å². The lowest BCUT2D eigenvalue weighted by molar-refractivity contribution is 0.0697. The summed E-state index contributed by atoms with van der Waals surface area (Å²) in [6.07, 6.45) is 1.16. The molecule has 0 spiro atoms. The van der Waals surface area contributed by atoms with Gasteiger partial charge in [-0.2, -0.15) is 9.40 Å². The van der Waals surface area contributed by atoms with E-state index in [0.717, 1.165) is 16.8 Å². The first-order valence-electron chi connectivity index (χ1n) is 7.10. The van der Waals surface area contributed by atoms with Crippen molar-refractivity contribution in [3.63, 3.8) is 0 Å². The molecule has 1 saturated heterocycles. The fraction of sp³-hybridized carbons (Fsp3) is 0.462. The molecule has 0 aromatic carbocycles. The van der Waals surface area contributed by atoms with Crippen LogP contribution in [0.3, 0.4) is 0 Å². The maximum absolute atomic E-state index is 12.6. The number of piperazine rings is 1. The van der Waals surface area contributed by atoms with E-state index in [9.17, 15) is 13.2 Å². The molecule has 0 aliphatic carbocycles. The highest BCUT2D eigenvalue weighted by Crippen LogP contribution is 2.23. The molecule has 0 atom stereocenters. The van der Waals surface area contributed by atoms with Crippen molar-refractivity contribution in [2.45, 2.75) is 19.0 Å². The van der Waals surface area contributed by atoms with Gasteiger partial charge >= 0.3 is 0 Å². The fourth-order valence-corrected chi connectivity index (χ4v) is 4.56. The summed E-state index contributed by atoms with van der Waals surface area (Å²) in [6.45, 7) is 5.14. The molecule has 0 saturated carbocycles. The number of sulfonamides is 1. The van der Waals surface area contributed by atoms with Gasteiger partial charge in [-0.3, -0.25) is 4.79 Å². The van der Waals surface area contributed by atoms with Gasteiger partial charge in [-0.25, -0.2) is 18.5 Å². The third-order valence-corrected chi connectivity index (χ3v) is 6.76. The van der Waals surface area contributed by atoms with Crippen molar-refractivity contribution in [3.05, 3.63) is 27.7 Å². The molecule has 23 heavy (non-hydrogen) atoms. The minimum Gasteiger partial charge on any atom is -0.336 e. The number of nitrogens with one attached hydrogen (secondary N) is 1. The van der Waals surface area contributed by atoms with Gasteiger partial charge in [-0.05, 0) is 19.4 Å². The molecule has 3 rings (SSSR count). The number of aromatic amines is 1. The first-order valence-corrected chi connectivity index (χ1v) is 9.42. The van der Waals surface area contributed by atoms with Crippen LogP contribution in [0.5, 0.6) is 0 Å². The van der Waals surface area contributed by atoms with Crippen LogP contribution in [-0.4, -0.2) is 64.9 Å². The van der Waals surface area contributed by atoms with E-state index in [4.69, 9.17) is 0 Å². The standard InChI is InChI=1S/C13H17N5O3S2/c1-9-10(2)22-7-11(9)12(19)17-3-5-18(6-4-17)23(20,21)13-14-8-15-16-13/h7-8H,3-6H2,1-2H3,(H,14,15,16). The zero-order chi connectivity index (χ0) is 16.6. The second kappa shape index (κ2) is 6.02. The number of carbonyl (C=O) groups excluding carboxylic acids is 1. The van der Waals surface area contributed by atoms with Crippen molar-refractivity contribution in [2.24, 2.45) is 0 Å². The summed E-state index contributed by atoms with van der Waals surface area (Å²) in [6, 6.07) is 0. The molecule has 3 heterocycles. The number of thiophene rings is 1. The SMILES string of the molecule is Cc1scc(C(=O)N2CCN(S(=O)(=O)c3ncn[nH]3)CC2)c1C. The molecule has 1 N–H and O–H groups in total. The summed E-state index contributed by atoms with van der Waals surface area (Å²) in [5.41, 5.74) is 1.70. The van der Waals surface area contributed by atoms with Crippen LogP contribution in [0.25, 0.3) is 0 Å². The number of nitrogens with zero attached hydrogens (tertiary/aromatic N) is 4. The molecule has 10 heteroatoms. The van der Waals surface area contributed by atoms with Gasteiger partial charge in [-0.1, -0.05) is 0 Å². The predicted octanol–water partition coefficient (Wildman–Crippen LogP) is 0.630. The zero-order valence-corrected chi connectivity index (χ0v) is 14.4. The summed E-state index contributed by atoms with van der Waals surface area (Å²) in [7, 11) is -3.67. The van der Waals surface area contributed by atoms with Crippen LogP contribution in [0.1, 0.15) is 20.8 Å². The van der Waals surface area contributed by atoms with E-state index >= 15 is 0 Å². The van der Waals surface area contributed by atoms with Crippen LogP contribution >= 0.6 is 11.3 Å². The van der Waals surface area contributed by atoms with Crippen LogP contribution in [0, 0.1) is 13.8 Å². The van der Waals surface area contributed by atoms with Gasteiger partial charge in [0.1, 0.15) is 6.33 Å². The molecule has 0 radical (unpaired) electrons. The molecule has 8 nitrogen and oxygen atoms in total. The summed E-state index contributed by atoms with van der Waals surface area (Å²) >= 11 is 1.55. The van der Waals surface area contributed by atoms with Gasteiger partial charge in [-0.15, -0.1) is 11.3 Å². The van der Waals surface area contributed by atoms with Crippen molar-refractivity contribution in [2.75, 3.05) is 26.2 Å². The van der Waals surface area contributed by atoms with Crippen molar-refractivity contribution < 1.29 is 13.2 Å². The summed E-state index contributed by atoms with van der Waals surface area (Å²) in [4.78, 5) is 19.1. The Kier molecular flexibility index (Phi) is 4.21. The monoisotopic (exact) mass is 355 g/mol. The maximum atomic E-state index is 12.6. The van der Waals surface area contributed by atoms with Crippen molar-refractivity contribution in [1.82, 2.24) is 24.4 Å². The third-order valence-electron chi connectivity index (χ3n) is 4.02. The first-order chi connectivity index (χ1) is 10.9. The largest absolute Gasteiger partial charge is 0.336 e. The Hall–Kier alpha value is -1.78. The zero-order valence-electron chi connectivity index (χ0n) is 12.8. The average Bonchev–Trinajstić information content (AvgIpc) is 3.19. The quantitative estimate of drug-likeness (QED) is 0.870. The van der Waals surface area contributed by atoms with E-state index in [1.165, 1.54) is 4.31 Å². The molecule has 124 valence electrons. The summed E-state index contributed by atoms with van der Waals surface area (Å²) < 4.78 is 26.0. The van der Waals surface area contributed by atoms with Crippen molar-refractivity contribution in [1.29, 1.82) is 0 Å². The number of rotatable bonds is 3. The van der Waals surface area contributed by atoms with E-state index in [-0.39, 0.29) is 24.2 Å². The van der Waals surface area contributed by atoms with Crippen molar-refractivity contribution in [3.8, 4) is 0 Å². The van der Waals surface area contributed by atoms with E-state index in [1.807, 2.05) is 19.2 Å². The maximum Gasteiger partial charge on any atom is 0.278 e. The minimum absolute atomic E-state index is 0.0384.